The number of cyclic esters (lactones) is 1. The smallest absolute Gasteiger partial charge is 0.306 e. The number of anilines is 1. The molecule has 3 atom stereocenters. The Morgan fingerprint density at radius 1 is 1.09 bits per heavy atom. The van der Waals surface area contributed by atoms with Crippen LogP contribution >= 0.6 is 0 Å². The predicted octanol–water partition coefficient (Wildman–Crippen LogP) is 1.53. The van der Waals surface area contributed by atoms with Gasteiger partial charge in [0.15, 0.2) is 0 Å². The van der Waals surface area contributed by atoms with E-state index < -0.39 is 0 Å². The number of esters is 1. The fourth-order valence-electron chi connectivity index (χ4n) is 4.12. The lowest BCUT2D eigenvalue weighted by molar-refractivity contribution is -0.138. The van der Waals surface area contributed by atoms with Crippen molar-refractivity contribution in [1.82, 2.24) is 4.90 Å². The molecule has 1 aromatic rings. The molecular formula is C18H22N2O3. The fourth-order valence-corrected chi connectivity index (χ4v) is 4.12. The summed E-state index contributed by atoms with van der Waals surface area (Å²) in [5.74, 6) is 1.24. The monoisotopic (exact) mass is 314 g/mol. The molecule has 3 aliphatic rings. The minimum absolute atomic E-state index is 0.0799. The number of carbonyl (C=O) groups is 2. The van der Waals surface area contributed by atoms with Crippen LogP contribution in [0.2, 0.25) is 0 Å². The largest absolute Gasteiger partial charge is 0.465 e. The molecule has 0 spiro atoms. The van der Waals surface area contributed by atoms with Crippen LogP contribution in [0.4, 0.5) is 5.69 Å². The number of nitrogens with zero attached hydrogens (tertiary/aromatic N) is 2. The van der Waals surface area contributed by atoms with Gasteiger partial charge in [0.1, 0.15) is 0 Å². The lowest BCUT2D eigenvalue weighted by Gasteiger charge is -2.23. The van der Waals surface area contributed by atoms with E-state index in [1.165, 1.54) is 5.69 Å². The second-order valence-electron chi connectivity index (χ2n) is 7.02. The highest BCUT2D eigenvalue weighted by Gasteiger charge is 2.42. The summed E-state index contributed by atoms with van der Waals surface area (Å²) >= 11 is 0. The van der Waals surface area contributed by atoms with Gasteiger partial charge < -0.3 is 14.5 Å². The number of likely N-dealkylation sites (tertiary alicyclic amines) is 1. The third kappa shape index (κ3) is 2.92. The molecule has 0 radical (unpaired) electrons. The zero-order valence-electron chi connectivity index (χ0n) is 13.2. The third-order valence-corrected chi connectivity index (χ3v) is 5.36. The summed E-state index contributed by atoms with van der Waals surface area (Å²) in [6.45, 7) is 4.18. The molecule has 1 amide bonds. The van der Waals surface area contributed by atoms with E-state index in [0.29, 0.717) is 31.3 Å². The Morgan fingerprint density at radius 2 is 1.78 bits per heavy atom. The molecule has 4 rings (SSSR count). The van der Waals surface area contributed by atoms with Crippen LogP contribution in [0.15, 0.2) is 30.3 Å². The van der Waals surface area contributed by atoms with Crippen LogP contribution in [0.5, 0.6) is 0 Å². The minimum Gasteiger partial charge on any atom is -0.465 e. The first-order valence-corrected chi connectivity index (χ1v) is 8.42. The Kier molecular flexibility index (Phi) is 3.71. The number of ether oxygens (including phenoxy) is 1. The number of carbonyl (C=O) groups excluding carboxylic acids is 2. The molecular weight excluding hydrogens is 292 g/mol. The van der Waals surface area contributed by atoms with Gasteiger partial charge in [0.2, 0.25) is 5.91 Å². The van der Waals surface area contributed by atoms with Gasteiger partial charge in [-0.3, -0.25) is 9.59 Å². The minimum atomic E-state index is -0.167. The van der Waals surface area contributed by atoms with Crippen LogP contribution in [-0.2, 0) is 14.3 Å². The van der Waals surface area contributed by atoms with Crippen LogP contribution in [0, 0.1) is 17.8 Å². The van der Waals surface area contributed by atoms with Crippen LogP contribution in [-0.4, -0.2) is 49.6 Å². The molecule has 0 bridgehead atoms. The molecule has 23 heavy (non-hydrogen) atoms. The third-order valence-electron chi connectivity index (χ3n) is 5.36. The molecule has 5 heteroatoms. The van der Waals surface area contributed by atoms with Crippen LogP contribution in [0.1, 0.15) is 12.8 Å². The van der Waals surface area contributed by atoms with Crippen molar-refractivity contribution in [3.8, 4) is 0 Å². The second-order valence-corrected chi connectivity index (χ2v) is 7.02. The first-order valence-electron chi connectivity index (χ1n) is 8.42. The van der Waals surface area contributed by atoms with Gasteiger partial charge in [-0.05, 0) is 12.1 Å². The van der Waals surface area contributed by atoms with Gasteiger partial charge in [-0.15, -0.1) is 0 Å². The van der Waals surface area contributed by atoms with Crippen molar-refractivity contribution in [1.29, 1.82) is 0 Å². The van der Waals surface area contributed by atoms with E-state index in [2.05, 4.69) is 29.2 Å². The van der Waals surface area contributed by atoms with Crippen molar-refractivity contribution in [2.45, 2.75) is 12.8 Å². The maximum absolute atomic E-state index is 12.4. The van der Waals surface area contributed by atoms with Gasteiger partial charge >= 0.3 is 5.97 Å². The number of rotatable bonds is 3. The van der Waals surface area contributed by atoms with Gasteiger partial charge in [-0.2, -0.15) is 0 Å². The summed E-state index contributed by atoms with van der Waals surface area (Å²) < 4.78 is 4.95. The fraction of sp³-hybridized carbons (Fsp3) is 0.556. The van der Waals surface area contributed by atoms with Gasteiger partial charge in [0.25, 0.3) is 0 Å². The topological polar surface area (TPSA) is 49.9 Å². The highest BCUT2D eigenvalue weighted by atomic mass is 16.5. The molecule has 3 heterocycles. The van der Waals surface area contributed by atoms with E-state index in [4.69, 9.17) is 4.74 Å². The molecule has 0 aromatic heterocycles. The van der Waals surface area contributed by atoms with Gasteiger partial charge in [0.05, 0.1) is 13.0 Å². The highest BCUT2D eigenvalue weighted by Crippen LogP contribution is 2.34. The lowest BCUT2D eigenvalue weighted by Crippen LogP contribution is -2.34. The van der Waals surface area contributed by atoms with E-state index in [-0.39, 0.29) is 17.8 Å². The van der Waals surface area contributed by atoms with Gasteiger partial charge in [-0.25, -0.2) is 0 Å². The van der Waals surface area contributed by atoms with Crippen molar-refractivity contribution in [3.63, 3.8) is 0 Å². The molecule has 1 aromatic carbocycles. The molecule has 0 unspecified atom stereocenters. The Balaban J connectivity index is 1.31. The van der Waals surface area contributed by atoms with Crippen LogP contribution in [0.3, 0.4) is 0 Å². The van der Waals surface area contributed by atoms with Crippen LogP contribution < -0.4 is 4.90 Å². The molecule has 3 aliphatic heterocycles. The van der Waals surface area contributed by atoms with Crippen molar-refractivity contribution in [3.05, 3.63) is 30.3 Å². The predicted molar refractivity (Wildman–Crippen MR) is 85.9 cm³/mol. The normalized spacial score (nSPS) is 29.7. The summed E-state index contributed by atoms with van der Waals surface area (Å²) in [6, 6.07) is 10.5. The average Bonchev–Trinajstić information content (AvgIpc) is 3.22. The summed E-state index contributed by atoms with van der Waals surface area (Å²) in [5.41, 5.74) is 1.28. The Bertz CT molecular complexity index is 590. The number of amides is 1. The first-order chi connectivity index (χ1) is 11.2. The van der Waals surface area contributed by atoms with Crippen molar-refractivity contribution in [2.24, 2.45) is 17.8 Å². The van der Waals surface area contributed by atoms with E-state index in [1.807, 2.05) is 11.0 Å². The van der Waals surface area contributed by atoms with Crippen LogP contribution in [0.25, 0.3) is 0 Å². The van der Waals surface area contributed by atoms with Gasteiger partial charge in [0, 0.05) is 56.0 Å². The summed E-state index contributed by atoms with van der Waals surface area (Å²) in [7, 11) is 0. The average molecular weight is 314 g/mol. The number of hydrogen-bond donors (Lipinski definition) is 0. The van der Waals surface area contributed by atoms with E-state index in [0.717, 1.165) is 26.2 Å². The first kappa shape index (κ1) is 14.5. The lowest BCUT2D eigenvalue weighted by atomic mass is 10.0. The van der Waals surface area contributed by atoms with E-state index in [1.54, 1.807) is 0 Å². The maximum Gasteiger partial charge on any atom is 0.306 e. The molecule has 5 nitrogen and oxygen atoms in total. The number of benzene rings is 1. The number of hydrogen-bond acceptors (Lipinski definition) is 4. The standard InChI is InChI=1S/C18H22N2O3/c21-17(6-13-7-18(22)23-12-13)20-10-14-8-19(9-15(14)11-20)16-4-2-1-3-5-16/h1-5,13-15H,6-12H2/t13-,14-,15+/m1/s1. The van der Waals surface area contributed by atoms with Crippen molar-refractivity contribution in [2.75, 3.05) is 37.7 Å². The Morgan fingerprint density at radius 3 is 2.39 bits per heavy atom. The van der Waals surface area contributed by atoms with Gasteiger partial charge in [-0.1, -0.05) is 18.2 Å². The number of para-hydroxylation sites is 1. The zero-order chi connectivity index (χ0) is 15.8. The SMILES string of the molecule is O=C1C[C@@H](CC(=O)N2C[C@@H]3CN(c4ccccc4)C[C@@H]3C2)CO1. The zero-order valence-corrected chi connectivity index (χ0v) is 13.2. The summed E-state index contributed by atoms with van der Waals surface area (Å²) in [4.78, 5) is 28.0. The van der Waals surface area contributed by atoms with E-state index >= 15 is 0 Å². The molecule has 3 saturated heterocycles. The number of fused-ring (bicyclic) bond motifs is 1. The molecule has 0 saturated carbocycles. The molecule has 0 aliphatic carbocycles. The maximum atomic E-state index is 12.4. The second kappa shape index (κ2) is 5.87. The van der Waals surface area contributed by atoms with Crippen molar-refractivity contribution >= 4 is 17.6 Å². The quantitative estimate of drug-likeness (QED) is 0.794. The highest BCUT2D eigenvalue weighted by molar-refractivity contribution is 5.79. The summed E-state index contributed by atoms with van der Waals surface area (Å²) in [6.07, 6.45) is 0.849. The molecule has 3 fully saturated rings. The van der Waals surface area contributed by atoms with E-state index in [9.17, 15) is 9.59 Å². The Hall–Kier alpha value is -2.04. The Labute approximate surface area is 136 Å². The molecule has 122 valence electrons. The molecule has 0 N–H and O–H groups in total. The summed E-state index contributed by atoms with van der Waals surface area (Å²) in [5, 5.41) is 0. The van der Waals surface area contributed by atoms with Crippen molar-refractivity contribution < 1.29 is 14.3 Å².